The van der Waals surface area contributed by atoms with Crippen LogP contribution in [0.4, 0.5) is 5.69 Å². The number of thioether (sulfide) groups is 1. The molecule has 0 bridgehead atoms. The number of carbonyl (C=O) groups is 2. The summed E-state index contributed by atoms with van der Waals surface area (Å²) in [6.07, 6.45) is 5.88. The Morgan fingerprint density at radius 3 is 2.36 bits per heavy atom. The molecule has 170 valence electrons. The first-order valence-corrected chi connectivity index (χ1v) is 12.2. The standard InChI is InChI=1S/C25H26N4O3S/c1-32-20-14-12-19(13-15-20)28-22(30)16-21(24(28)31)33-25-27-26-23(17-8-4-2-5-9-17)29(25)18-10-6-3-7-11-18/h2,4-5,8-9,12-15,18,21H,3,6-7,10-11,16H2,1H3/t21-/m0/s1. The van der Waals surface area contributed by atoms with Gasteiger partial charge in [0.15, 0.2) is 11.0 Å². The second-order valence-corrected chi connectivity index (χ2v) is 9.58. The summed E-state index contributed by atoms with van der Waals surface area (Å²) in [5, 5.41) is 9.19. The molecule has 2 amide bonds. The van der Waals surface area contributed by atoms with E-state index in [1.807, 2.05) is 30.3 Å². The summed E-state index contributed by atoms with van der Waals surface area (Å²) in [5.41, 5.74) is 1.57. The predicted molar refractivity (Wildman–Crippen MR) is 127 cm³/mol. The Morgan fingerprint density at radius 1 is 0.939 bits per heavy atom. The third-order valence-corrected chi connectivity index (χ3v) is 7.46. The minimum atomic E-state index is -0.519. The zero-order valence-corrected chi connectivity index (χ0v) is 19.3. The van der Waals surface area contributed by atoms with E-state index in [1.165, 1.54) is 35.9 Å². The van der Waals surface area contributed by atoms with E-state index in [4.69, 9.17) is 4.74 Å². The van der Waals surface area contributed by atoms with E-state index in [2.05, 4.69) is 14.8 Å². The van der Waals surface area contributed by atoms with Crippen LogP contribution in [0, 0.1) is 0 Å². The number of aromatic nitrogens is 3. The highest BCUT2D eigenvalue weighted by Crippen LogP contribution is 2.39. The Bertz CT molecular complexity index is 1140. The van der Waals surface area contributed by atoms with Crippen molar-refractivity contribution < 1.29 is 14.3 Å². The minimum Gasteiger partial charge on any atom is -0.497 e. The van der Waals surface area contributed by atoms with E-state index in [1.54, 1.807) is 31.4 Å². The smallest absolute Gasteiger partial charge is 0.247 e. The van der Waals surface area contributed by atoms with Crippen LogP contribution in [-0.2, 0) is 9.59 Å². The van der Waals surface area contributed by atoms with E-state index < -0.39 is 5.25 Å². The average Bonchev–Trinajstić information content (AvgIpc) is 3.40. The molecule has 1 saturated heterocycles. The zero-order valence-electron chi connectivity index (χ0n) is 18.5. The molecule has 0 radical (unpaired) electrons. The number of methoxy groups -OCH3 is 1. The maximum absolute atomic E-state index is 13.2. The Morgan fingerprint density at radius 2 is 1.67 bits per heavy atom. The van der Waals surface area contributed by atoms with Crippen molar-refractivity contribution in [3.8, 4) is 17.1 Å². The van der Waals surface area contributed by atoms with Gasteiger partial charge in [0, 0.05) is 18.0 Å². The van der Waals surface area contributed by atoms with Gasteiger partial charge in [-0.15, -0.1) is 10.2 Å². The number of carbonyl (C=O) groups excluding carboxylic acids is 2. The number of anilines is 1. The zero-order chi connectivity index (χ0) is 22.8. The molecule has 2 aromatic carbocycles. The summed E-state index contributed by atoms with van der Waals surface area (Å²) < 4.78 is 7.39. The fourth-order valence-electron chi connectivity index (χ4n) is 4.64. The first kappa shape index (κ1) is 21.7. The number of nitrogens with zero attached hydrogens (tertiary/aromatic N) is 4. The number of imide groups is 1. The predicted octanol–water partition coefficient (Wildman–Crippen LogP) is 4.88. The average molecular weight is 463 g/mol. The van der Waals surface area contributed by atoms with Crippen LogP contribution in [0.2, 0.25) is 0 Å². The molecule has 33 heavy (non-hydrogen) atoms. The molecule has 3 aromatic rings. The molecule has 1 atom stereocenters. The third-order valence-electron chi connectivity index (χ3n) is 6.32. The van der Waals surface area contributed by atoms with E-state index in [9.17, 15) is 9.59 Å². The highest BCUT2D eigenvalue weighted by molar-refractivity contribution is 8.00. The van der Waals surface area contributed by atoms with Gasteiger partial charge in [-0.25, -0.2) is 4.90 Å². The van der Waals surface area contributed by atoms with Gasteiger partial charge in [0.2, 0.25) is 11.8 Å². The summed E-state index contributed by atoms with van der Waals surface area (Å²) >= 11 is 1.36. The Kier molecular flexibility index (Phi) is 6.17. The normalized spacial score (nSPS) is 19.3. The first-order chi connectivity index (χ1) is 16.2. The molecule has 2 aliphatic rings. The van der Waals surface area contributed by atoms with Gasteiger partial charge in [0.25, 0.3) is 0 Å². The molecular weight excluding hydrogens is 436 g/mol. The number of rotatable bonds is 6. The quantitative estimate of drug-likeness (QED) is 0.486. The lowest BCUT2D eigenvalue weighted by molar-refractivity contribution is -0.121. The summed E-state index contributed by atoms with van der Waals surface area (Å²) in [7, 11) is 1.58. The number of amides is 2. The topological polar surface area (TPSA) is 77.3 Å². The number of ether oxygens (including phenoxy) is 1. The van der Waals surface area contributed by atoms with Gasteiger partial charge >= 0.3 is 0 Å². The second-order valence-electron chi connectivity index (χ2n) is 8.41. The maximum atomic E-state index is 13.2. The van der Waals surface area contributed by atoms with Gasteiger partial charge in [0.1, 0.15) is 11.0 Å². The molecule has 0 unspecified atom stereocenters. The Labute approximate surface area is 197 Å². The van der Waals surface area contributed by atoms with Crippen LogP contribution in [0.1, 0.15) is 44.6 Å². The fraction of sp³-hybridized carbons (Fsp3) is 0.360. The fourth-order valence-corrected chi connectivity index (χ4v) is 5.76. The van der Waals surface area contributed by atoms with E-state index >= 15 is 0 Å². The number of hydrogen-bond donors (Lipinski definition) is 0. The van der Waals surface area contributed by atoms with Gasteiger partial charge in [-0.1, -0.05) is 61.4 Å². The molecule has 2 fully saturated rings. The number of benzene rings is 2. The molecule has 1 aromatic heterocycles. The van der Waals surface area contributed by atoms with Crippen molar-refractivity contribution in [2.75, 3.05) is 12.0 Å². The van der Waals surface area contributed by atoms with Crippen molar-refractivity contribution in [2.45, 2.75) is 55.0 Å². The van der Waals surface area contributed by atoms with E-state index in [0.29, 0.717) is 22.6 Å². The van der Waals surface area contributed by atoms with Crippen molar-refractivity contribution in [1.82, 2.24) is 14.8 Å². The molecule has 0 N–H and O–H groups in total. The van der Waals surface area contributed by atoms with Crippen molar-refractivity contribution in [1.29, 1.82) is 0 Å². The van der Waals surface area contributed by atoms with E-state index in [0.717, 1.165) is 24.2 Å². The SMILES string of the molecule is COc1ccc(N2C(=O)C[C@H](Sc3nnc(-c4ccccc4)n3C3CCCCC3)C2=O)cc1. The van der Waals surface area contributed by atoms with Crippen molar-refractivity contribution in [2.24, 2.45) is 0 Å². The first-order valence-electron chi connectivity index (χ1n) is 11.3. The summed E-state index contributed by atoms with van der Waals surface area (Å²) in [6.45, 7) is 0. The van der Waals surface area contributed by atoms with Crippen molar-refractivity contribution in [3.05, 3.63) is 54.6 Å². The lowest BCUT2D eigenvalue weighted by atomic mass is 9.95. The molecular formula is C25H26N4O3S. The molecule has 8 heteroatoms. The monoisotopic (exact) mass is 462 g/mol. The van der Waals surface area contributed by atoms with Crippen molar-refractivity contribution >= 4 is 29.3 Å². The molecule has 1 aliphatic carbocycles. The van der Waals surface area contributed by atoms with Crippen LogP contribution in [0.3, 0.4) is 0 Å². The van der Waals surface area contributed by atoms with Crippen LogP contribution in [-0.4, -0.2) is 38.9 Å². The summed E-state index contributed by atoms with van der Waals surface area (Å²) in [5.74, 6) is 1.09. The van der Waals surface area contributed by atoms with Crippen LogP contribution in [0.15, 0.2) is 59.8 Å². The molecule has 1 saturated carbocycles. The third kappa shape index (κ3) is 4.27. The van der Waals surface area contributed by atoms with Gasteiger partial charge in [0.05, 0.1) is 12.8 Å². The maximum Gasteiger partial charge on any atom is 0.247 e. The molecule has 7 nitrogen and oxygen atoms in total. The molecule has 5 rings (SSSR count). The highest BCUT2D eigenvalue weighted by Gasteiger charge is 2.41. The summed E-state index contributed by atoms with van der Waals surface area (Å²) in [4.78, 5) is 27.3. The van der Waals surface area contributed by atoms with Crippen LogP contribution >= 0.6 is 11.8 Å². The highest BCUT2D eigenvalue weighted by atomic mass is 32.2. The van der Waals surface area contributed by atoms with E-state index in [-0.39, 0.29) is 18.2 Å². The Balaban J connectivity index is 1.43. The van der Waals surface area contributed by atoms with Crippen LogP contribution < -0.4 is 9.64 Å². The molecule has 2 heterocycles. The second kappa shape index (κ2) is 9.39. The lowest BCUT2D eigenvalue weighted by Crippen LogP contribution is -2.31. The van der Waals surface area contributed by atoms with Gasteiger partial charge in [-0.2, -0.15) is 0 Å². The summed E-state index contributed by atoms with van der Waals surface area (Å²) in [6, 6.07) is 17.3. The van der Waals surface area contributed by atoms with Gasteiger partial charge in [-0.05, 0) is 37.1 Å². The van der Waals surface area contributed by atoms with Crippen LogP contribution in [0.25, 0.3) is 11.4 Å². The molecule has 1 aliphatic heterocycles. The largest absolute Gasteiger partial charge is 0.497 e. The van der Waals surface area contributed by atoms with Gasteiger partial charge < -0.3 is 4.74 Å². The lowest BCUT2D eigenvalue weighted by Gasteiger charge is -2.26. The molecule has 0 spiro atoms. The van der Waals surface area contributed by atoms with Gasteiger partial charge in [-0.3, -0.25) is 14.2 Å². The van der Waals surface area contributed by atoms with Crippen molar-refractivity contribution in [3.63, 3.8) is 0 Å². The minimum absolute atomic E-state index is 0.147. The number of hydrogen-bond acceptors (Lipinski definition) is 6. The van der Waals surface area contributed by atoms with Crippen LogP contribution in [0.5, 0.6) is 5.75 Å². The Hall–Kier alpha value is -3.13.